The van der Waals surface area contributed by atoms with E-state index in [1.165, 1.54) is 28.4 Å². The lowest BCUT2D eigenvalue weighted by Gasteiger charge is -2.12. The zero-order valence-corrected chi connectivity index (χ0v) is 12.2. The van der Waals surface area contributed by atoms with Gasteiger partial charge in [0.1, 0.15) is 5.01 Å². The van der Waals surface area contributed by atoms with Gasteiger partial charge in [-0.25, -0.2) is 9.59 Å². The minimum atomic E-state index is -1.18. The number of nitrogens with zero attached hydrogens (tertiary/aromatic N) is 4. The lowest BCUT2D eigenvalue weighted by molar-refractivity contribution is -0.139. The van der Waals surface area contributed by atoms with Crippen LogP contribution in [0, 0.1) is 0 Å². The van der Waals surface area contributed by atoms with Gasteiger partial charge in [-0.15, -0.1) is 10.2 Å². The molecule has 1 atom stereocenters. The first-order valence-corrected chi connectivity index (χ1v) is 6.92. The van der Waals surface area contributed by atoms with Crippen molar-refractivity contribution in [2.24, 2.45) is 7.05 Å². The number of aryl methyl sites for hydroxylation is 2. The van der Waals surface area contributed by atoms with Crippen LogP contribution in [0.2, 0.25) is 0 Å². The number of amides is 2. The van der Waals surface area contributed by atoms with Crippen LogP contribution in [0.1, 0.15) is 23.5 Å². The number of hydrogen-bond acceptors (Lipinski definition) is 6. The third kappa shape index (κ3) is 3.75. The molecule has 112 valence electrons. The molecule has 0 saturated heterocycles. The summed E-state index contributed by atoms with van der Waals surface area (Å²) < 4.78 is 1.46. The SMILES string of the molecule is CCc1nnc(NC(=O)NC(C(=O)O)c2cnn(C)c2)s1. The molecule has 2 rings (SSSR count). The third-order valence-electron chi connectivity index (χ3n) is 2.57. The lowest BCUT2D eigenvalue weighted by atomic mass is 10.2. The summed E-state index contributed by atoms with van der Waals surface area (Å²) in [5.41, 5.74) is 0.381. The number of aliphatic carboxylic acids is 1. The minimum Gasteiger partial charge on any atom is -0.479 e. The number of carbonyl (C=O) groups excluding carboxylic acids is 1. The molecule has 3 N–H and O–H groups in total. The summed E-state index contributed by atoms with van der Waals surface area (Å²) in [4.78, 5) is 23.1. The van der Waals surface area contributed by atoms with Gasteiger partial charge in [0.25, 0.3) is 0 Å². The summed E-state index contributed by atoms with van der Waals surface area (Å²) in [6, 6.07) is -1.85. The Kier molecular flexibility index (Phi) is 4.48. The highest BCUT2D eigenvalue weighted by atomic mass is 32.1. The average Bonchev–Trinajstić information content (AvgIpc) is 3.04. The topological polar surface area (TPSA) is 122 Å². The van der Waals surface area contributed by atoms with Crippen LogP contribution in [0.3, 0.4) is 0 Å². The van der Waals surface area contributed by atoms with Crippen LogP contribution in [-0.4, -0.2) is 37.1 Å². The van der Waals surface area contributed by atoms with Crippen molar-refractivity contribution in [1.82, 2.24) is 25.3 Å². The van der Waals surface area contributed by atoms with Crippen molar-refractivity contribution < 1.29 is 14.7 Å². The van der Waals surface area contributed by atoms with Crippen molar-refractivity contribution >= 4 is 28.5 Å². The Bertz CT molecular complexity index is 652. The number of carboxylic acid groups (broad SMARTS) is 1. The maximum Gasteiger partial charge on any atom is 0.331 e. The first-order chi connectivity index (χ1) is 9.99. The first kappa shape index (κ1) is 14.9. The molecule has 21 heavy (non-hydrogen) atoms. The number of aromatic nitrogens is 4. The van der Waals surface area contributed by atoms with Gasteiger partial charge in [-0.2, -0.15) is 5.10 Å². The minimum absolute atomic E-state index is 0.319. The number of rotatable bonds is 5. The lowest BCUT2D eigenvalue weighted by Crippen LogP contribution is -2.36. The molecule has 9 nitrogen and oxygen atoms in total. The molecule has 0 radical (unpaired) electrons. The Hall–Kier alpha value is -2.49. The van der Waals surface area contributed by atoms with Crippen molar-refractivity contribution in [2.45, 2.75) is 19.4 Å². The molecule has 0 fully saturated rings. The summed E-state index contributed by atoms with van der Waals surface area (Å²) in [5.74, 6) is -1.18. The fraction of sp³-hybridized carbons (Fsp3) is 0.364. The molecular formula is C11H14N6O3S. The average molecular weight is 310 g/mol. The Balaban J connectivity index is 2.03. The molecule has 0 spiro atoms. The van der Waals surface area contributed by atoms with Crippen molar-refractivity contribution in [3.8, 4) is 0 Å². The molecule has 10 heteroatoms. The summed E-state index contributed by atoms with van der Waals surface area (Å²) in [6.45, 7) is 1.92. The van der Waals surface area contributed by atoms with Crippen LogP contribution in [-0.2, 0) is 18.3 Å². The van der Waals surface area contributed by atoms with Crippen LogP contribution in [0.15, 0.2) is 12.4 Å². The second-order valence-electron chi connectivity index (χ2n) is 4.17. The second kappa shape index (κ2) is 6.31. The number of carbonyl (C=O) groups is 2. The molecule has 0 saturated carbocycles. The quantitative estimate of drug-likeness (QED) is 0.750. The Morgan fingerprint density at radius 2 is 2.24 bits per heavy atom. The predicted molar refractivity (Wildman–Crippen MR) is 75.0 cm³/mol. The van der Waals surface area contributed by atoms with Gasteiger partial charge < -0.3 is 10.4 Å². The largest absolute Gasteiger partial charge is 0.479 e. The van der Waals surface area contributed by atoms with E-state index >= 15 is 0 Å². The van der Waals surface area contributed by atoms with Crippen LogP contribution in [0.5, 0.6) is 0 Å². The van der Waals surface area contributed by atoms with E-state index in [-0.39, 0.29) is 0 Å². The summed E-state index contributed by atoms with van der Waals surface area (Å²) in [7, 11) is 1.66. The highest BCUT2D eigenvalue weighted by molar-refractivity contribution is 7.15. The summed E-state index contributed by atoms with van der Waals surface area (Å²) in [6.07, 6.45) is 3.63. The number of carboxylic acids is 1. The van der Waals surface area contributed by atoms with Crippen LogP contribution >= 0.6 is 11.3 Å². The van der Waals surface area contributed by atoms with Crippen LogP contribution in [0.4, 0.5) is 9.93 Å². The van der Waals surface area contributed by atoms with Gasteiger partial charge in [0.2, 0.25) is 5.13 Å². The first-order valence-electron chi connectivity index (χ1n) is 6.10. The predicted octanol–water partition coefficient (Wildman–Crippen LogP) is 0.781. The van der Waals surface area contributed by atoms with Gasteiger partial charge >= 0.3 is 12.0 Å². The van der Waals surface area contributed by atoms with Crippen LogP contribution in [0.25, 0.3) is 0 Å². The number of anilines is 1. The molecule has 0 aliphatic heterocycles. The van der Waals surface area contributed by atoms with E-state index in [0.717, 1.165) is 5.01 Å². The van der Waals surface area contributed by atoms with Gasteiger partial charge in [-0.1, -0.05) is 18.3 Å². The van der Waals surface area contributed by atoms with Crippen molar-refractivity contribution in [2.75, 3.05) is 5.32 Å². The summed E-state index contributed by atoms with van der Waals surface area (Å²) in [5, 5.41) is 26.6. The number of hydrogen-bond donors (Lipinski definition) is 3. The standard InChI is InChI=1S/C11H14N6O3S/c1-3-7-15-16-11(21-7)14-10(20)13-8(9(18)19)6-4-12-17(2)5-6/h4-5,8H,3H2,1-2H3,(H,18,19)(H2,13,14,16,20). The molecule has 0 bridgehead atoms. The fourth-order valence-corrected chi connectivity index (χ4v) is 2.26. The van der Waals surface area contributed by atoms with Gasteiger partial charge in [-0.05, 0) is 6.42 Å². The maximum absolute atomic E-state index is 11.8. The van der Waals surface area contributed by atoms with E-state index in [1.807, 2.05) is 6.92 Å². The molecular weight excluding hydrogens is 296 g/mol. The van der Waals surface area contributed by atoms with Crippen molar-refractivity contribution in [3.05, 3.63) is 23.0 Å². The van der Waals surface area contributed by atoms with Crippen molar-refractivity contribution in [3.63, 3.8) is 0 Å². The molecule has 2 heterocycles. The van der Waals surface area contributed by atoms with Gasteiger partial charge in [-0.3, -0.25) is 10.00 Å². The zero-order valence-electron chi connectivity index (χ0n) is 11.4. The monoisotopic (exact) mass is 310 g/mol. The highest BCUT2D eigenvalue weighted by Crippen LogP contribution is 2.16. The molecule has 2 amide bonds. The molecule has 1 unspecified atom stereocenters. The van der Waals surface area contributed by atoms with E-state index in [1.54, 1.807) is 7.05 Å². The van der Waals surface area contributed by atoms with E-state index < -0.39 is 18.0 Å². The molecule has 2 aromatic heterocycles. The Morgan fingerprint density at radius 3 is 2.76 bits per heavy atom. The van der Waals surface area contributed by atoms with E-state index in [4.69, 9.17) is 0 Å². The molecule has 2 aromatic rings. The van der Waals surface area contributed by atoms with Crippen LogP contribution < -0.4 is 10.6 Å². The molecule has 0 aromatic carbocycles. The van der Waals surface area contributed by atoms with Gasteiger partial charge in [0, 0.05) is 18.8 Å². The normalized spacial score (nSPS) is 11.9. The maximum atomic E-state index is 11.8. The Morgan fingerprint density at radius 1 is 1.48 bits per heavy atom. The van der Waals surface area contributed by atoms with E-state index in [2.05, 4.69) is 25.9 Å². The summed E-state index contributed by atoms with van der Waals surface area (Å²) >= 11 is 1.24. The third-order valence-corrected chi connectivity index (χ3v) is 3.55. The smallest absolute Gasteiger partial charge is 0.331 e. The van der Waals surface area contributed by atoms with E-state index in [0.29, 0.717) is 17.1 Å². The van der Waals surface area contributed by atoms with Crippen molar-refractivity contribution in [1.29, 1.82) is 0 Å². The highest BCUT2D eigenvalue weighted by Gasteiger charge is 2.23. The molecule has 0 aliphatic carbocycles. The van der Waals surface area contributed by atoms with Gasteiger partial charge in [0.15, 0.2) is 6.04 Å². The Labute approximate surface area is 124 Å². The second-order valence-corrected chi connectivity index (χ2v) is 5.23. The fourth-order valence-electron chi connectivity index (χ4n) is 1.59. The van der Waals surface area contributed by atoms with E-state index in [9.17, 15) is 14.7 Å². The molecule has 0 aliphatic rings. The zero-order chi connectivity index (χ0) is 15.4. The van der Waals surface area contributed by atoms with Gasteiger partial charge in [0.05, 0.1) is 6.20 Å². The number of urea groups is 1. The number of nitrogens with one attached hydrogen (secondary N) is 2.